The van der Waals surface area contributed by atoms with Gasteiger partial charge in [0.1, 0.15) is 0 Å². The van der Waals surface area contributed by atoms with Crippen molar-refractivity contribution in [3.8, 4) is 0 Å². The summed E-state index contributed by atoms with van der Waals surface area (Å²) in [4.78, 5) is 0. The van der Waals surface area contributed by atoms with Crippen LogP contribution >= 0.6 is 48.0 Å². The summed E-state index contributed by atoms with van der Waals surface area (Å²) < 4.78 is 0. The second kappa shape index (κ2) is 20.9. The Hall–Kier alpha value is -0.640. The lowest BCUT2D eigenvalue weighted by Crippen LogP contribution is -2.27. The summed E-state index contributed by atoms with van der Waals surface area (Å²) in [5.74, 6) is 0. The molecule has 0 amide bonds. The van der Waals surface area contributed by atoms with Crippen LogP contribution in [0.2, 0.25) is 10.0 Å². The smallest absolute Gasteiger partial charge is 0.0928 e. The van der Waals surface area contributed by atoms with Crippen LogP contribution in [0.1, 0.15) is 51.0 Å². The Balaban J connectivity index is -0.000000218. The van der Waals surface area contributed by atoms with Gasteiger partial charge in [-0.3, -0.25) is 0 Å². The Morgan fingerprint density at radius 3 is 1.19 bits per heavy atom. The zero-order chi connectivity index (χ0) is 21.1. The molecule has 8 N–H and O–H groups in total. The largest absolute Gasteiger partial charge is 0.412 e. The van der Waals surface area contributed by atoms with E-state index in [4.69, 9.17) is 23.2 Å². The predicted octanol–water partition coefficient (Wildman–Crippen LogP) is 3.94. The minimum atomic E-state index is -0.536. The van der Waals surface area contributed by atoms with Gasteiger partial charge in [-0.25, -0.2) is 0 Å². The van der Waals surface area contributed by atoms with Crippen LogP contribution in [-0.4, -0.2) is 46.3 Å². The number of nitrogens with one attached hydrogen (secondary N) is 2. The monoisotopic (exact) mass is 534 g/mol. The minimum Gasteiger partial charge on any atom is -0.412 e. The molecule has 2 aromatic carbocycles. The second-order valence-electron chi connectivity index (χ2n) is 7.20. The molecule has 10 heteroatoms. The molecule has 0 spiro atoms. The Kier molecular flexibility index (Phi) is 25.3. The number of hydrogen-bond acceptors (Lipinski definition) is 4. The first kappa shape index (κ1) is 38.6. The fraction of sp³-hybridized carbons (Fsp3) is 0.455. The van der Waals surface area contributed by atoms with Crippen LogP contribution in [-0.2, 0) is 0 Å². The highest BCUT2D eigenvalue weighted by Gasteiger charge is 2.11. The molecule has 2 atom stereocenters. The number of rotatable bonds is 8. The summed E-state index contributed by atoms with van der Waals surface area (Å²) in [7, 11) is 0. The lowest BCUT2D eigenvalue weighted by molar-refractivity contribution is 0.171. The molecule has 0 aliphatic heterocycles. The van der Waals surface area contributed by atoms with Gasteiger partial charge in [0, 0.05) is 46.3 Å². The van der Waals surface area contributed by atoms with Crippen LogP contribution < -0.4 is 10.6 Å². The van der Waals surface area contributed by atoms with Crippen molar-refractivity contribution in [2.24, 2.45) is 0 Å². The molecule has 0 heterocycles. The lowest BCUT2D eigenvalue weighted by Gasteiger charge is -2.15. The molecule has 32 heavy (non-hydrogen) atoms. The van der Waals surface area contributed by atoms with Gasteiger partial charge >= 0.3 is 0 Å². The second-order valence-corrected chi connectivity index (χ2v) is 8.01. The van der Waals surface area contributed by atoms with Crippen molar-refractivity contribution in [1.29, 1.82) is 0 Å². The molecule has 0 aromatic heterocycles. The summed E-state index contributed by atoms with van der Waals surface area (Å²) in [6, 6.07) is 15.5. The molecule has 0 aliphatic rings. The molecule has 2 unspecified atom stereocenters. The Morgan fingerprint density at radius 2 is 0.938 bits per heavy atom. The molecule has 0 radical (unpaired) electrons. The van der Waals surface area contributed by atoms with E-state index in [1.54, 1.807) is 12.1 Å². The van der Waals surface area contributed by atoms with Crippen LogP contribution in [0.4, 0.5) is 0 Å². The molecule has 188 valence electrons. The van der Waals surface area contributed by atoms with Crippen molar-refractivity contribution in [3.05, 3.63) is 69.7 Å². The molecule has 2 rings (SSSR count). The molecule has 0 saturated carbocycles. The van der Waals surface area contributed by atoms with E-state index in [0.29, 0.717) is 35.2 Å². The first-order valence-corrected chi connectivity index (χ1v) is 10.3. The number of aliphatic hydroxyl groups is 2. The van der Waals surface area contributed by atoms with Gasteiger partial charge in [0.15, 0.2) is 0 Å². The average molecular weight is 536 g/mol. The number of aliphatic hydroxyl groups excluding tert-OH is 2. The third kappa shape index (κ3) is 15.2. The molecule has 6 nitrogen and oxygen atoms in total. The molecule has 0 aliphatic carbocycles. The van der Waals surface area contributed by atoms with E-state index in [2.05, 4.69) is 10.6 Å². The zero-order valence-corrected chi connectivity index (χ0v) is 22.0. The van der Waals surface area contributed by atoms with Gasteiger partial charge in [-0.1, -0.05) is 87.3 Å². The Morgan fingerprint density at radius 1 is 0.656 bits per heavy atom. The van der Waals surface area contributed by atoms with Gasteiger partial charge in [-0.15, -0.1) is 24.8 Å². The summed E-state index contributed by atoms with van der Waals surface area (Å²) >= 11 is 11.9. The average Bonchev–Trinajstić information content (AvgIpc) is 2.65. The molecule has 0 fully saturated rings. The van der Waals surface area contributed by atoms with Crippen molar-refractivity contribution < 1.29 is 21.2 Å². The number of benzene rings is 2. The van der Waals surface area contributed by atoms with Gasteiger partial charge in [0.05, 0.1) is 12.2 Å². The minimum absolute atomic E-state index is 0. The summed E-state index contributed by atoms with van der Waals surface area (Å²) in [5.41, 5.74) is 1.56. The first-order chi connectivity index (χ1) is 13.2. The van der Waals surface area contributed by atoms with E-state index in [0.717, 1.165) is 11.1 Å². The number of halogens is 4. The molecular weight excluding hydrogens is 498 g/mol. The van der Waals surface area contributed by atoms with Crippen molar-refractivity contribution in [1.82, 2.24) is 10.6 Å². The van der Waals surface area contributed by atoms with E-state index in [1.165, 1.54) is 0 Å². The SMILES string of the molecule is CC(C)NCC(O)c1ccccc1Cl.CC(C)NCC(O)c1ccccc1Cl.Cl.Cl.O.O. The van der Waals surface area contributed by atoms with Crippen LogP contribution in [0.3, 0.4) is 0 Å². The van der Waals surface area contributed by atoms with Crippen LogP contribution in [0.5, 0.6) is 0 Å². The maximum atomic E-state index is 9.80. The van der Waals surface area contributed by atoms with Gasteiger partial charge in [-0.05, 0) is 12.1 Å². The van der Waals surface area contributed by atoms with Crippen molar-refractivity contribution >= 4 is 48.0 Å². The third-order valence-electron chi connectivity index (χ3n) is 3.97. The van der Waals surface area contributed by atoms with Crippen molar-refractivity contribution in [2.45, 2.75) is 52.0 Å². The molecular formula is C22H38Cl4N2O4. The van der Waals surface area contributed by atoms with E-state index in [1.807, 2.05) is 64.1 Å². The fourth-order valence-corrected chi connectivity index (χ4v) is 2.93. The topological polar surface area (TPSA) is 128 Å². The quantitative estimate of drug-likeness (QED) is 0.408. The Labute approximate surface area is 214 Å². The standard InChI is InChI=1S/2C11H16ClNO.2ClH.2H2O/c2*1-8(2)13-7-11(14)9-5-3-4-6-10(9)12;;;;/h2*3-6,8,11,13-14H,7H2,1-2H3;2*1H;2*1H2. The zero-order valence-electron chi connectivity index (χ0n) is 18.8. The molecule has 0 bridgehead atoms. The summed E-state index contributed by atoms with van der Waals surface area (Å²) in [6.45, 7) is 9.22. The number of hydrogen-bond donors (Lipinski definition) is 4. The van der Waals surface area contributed by atoms with Crippen LogP contribution in [0.25, 0.3) is 0 Å². The highest BCUT2D eigenvalue weighted by molar-refractivity contribution is 6.31. The summed E-state index contributed by atoms with van der Waals surface area (Å²) in [5, 5.41) is 27.2. The van der Waals surface area contributed by atoms with Gasteiger partial charge < -0.3 is 31.8 Å². The molecule has 2 aromatic rings. The van der Waals surface area contributed by atoms with Crippen molar-refractivity contribution in [3.63, 3.8) is 0 Å². The normalized spacial score (nSPS) is 11.6. The maximum Gasteiger partial charge on any atom is 0.0928 e. The first-order valence-electron chi connectivity index (χ1n) is 9.54. The van der Waals surface area contributed by atoms with Crippen LogP contribution in [0.15, 0.2) is 48.5 Å². The third-order valence-corrected chi connectivity index (χ3v) is 4.66. The fourth-order valence-electron chi connectivity index (χ4n) is 2.41. The predicted molar refractivity (Wildman–Crippen MR) is 141 cm³/mol. The highest BCUT2D eigenvalue weighted by Crippen LogP contribution is 2.22. The van der Waals surface area contributed by atoms with E-state index in [-0.39, 0.29) is 35.8 Å². The maximum absolute atomic E-state index is 9.80. The van der Waals surface area contributed by atoms with Crippen LogP contribution in [0, 0.1) is 0 Å². The van der Waals surface area contributed by atoms with E-state index >= 15 is 0 Å². The molecule has 0 saturated heterocycles. The van der Waals surface area contributed by atoms with Gasteiger partial charge in [0.25, 0.3) is 0 Å². The van der Waals surface area contributed by atoms with Gasteiger partial charge in [-0.2, -0.15) is 0 Å². The van der Waals surface area contributed by atoms with Crippen molar-refractivity contribution in [2.75, 3.05) is 13.1 Å². The highest BCUT2D eigenvalue weighted by atomic mass is 35.5. The Bertz CT molecular complexity index is 650. The van der Waals surface area contributed by atoms with E-state index in [9.17, 15) is 10.2 Å². The lowest BCUT2D eigenvalue weighted by atomic mass is 10.1. The van der Waals surface area contributed by atoms with Gasteiger partial charge in [0.2, 0.25) is 0 Å². The van der Waals surface area contributed by atoms with E-state index < -0.39 is 12.2 Å². The summed E-state index contributed by atoms with van der Waals surface area (Å²) in [6.07, 6.45) is -1.07.